The largest absolute Gasteiger partial charge is 0.314 e. The van der Waals surface area contributed by atoms with E-state index >= 15 is 0 Å². The Bertz CT molecular complexity index is 151. The molecule has 0 aromatic heterocycles. The van der Waals surface area contributed by atoms with Crippen molar-refractivity contribution >= 4 is 11.0 Å². The summed E-state index contributed by atoms with van der Waals surface area (Å²) in [5, 5.41) is 3.27. The maximum atomic E-state index is 11.4. The van der Waals surface area contributed by atoms with Crippen LogP contribution < -0.4 is 5.32 Å². The first-order valence-corrected chi connectivity index (χ1v) is 5.39. The normalized spacial score (nSPS) is 30.2. The number of piperazine rings is 1. The summed E-state index contributed by atoms with van der Waals surface area (Å²) >= 11 is 0. The van der Waals surface area contributed by atoms with Gasteiger partial charge in [0.1, 0.15) is 0 Å². The van der Waals surface area contributed by atoms with Gasteiger partial charge < -0.3 is 5.32 Å². The van der Waals surface area contributed by atoms with Crippen molar-refractivity contribution in [3.63, 3.8) is 0 Å². The molecule has 1 saturated heterocycles. The van der Waals surface area contributed by atoms with Crippen LogP contribution in [0.25, 0.3) is 0 Å². The van der Waals surface area contributed by atoms with Crippen LogP contribution in [0, 0.1) is 0 Å². The molecule has 1 unspecified atom stereocenters. The van der Waals surface area contributed by atoms with Gasteiger partial charge in [-0.1, -0.05) is 6.92 Å². The molecule has 11 heavy (non-hydrogen) atoms. The van der Waals surface area contributed by atoms with E-state index in [9.17, 15) is 4.21 Å². The van der Waals surface area contributed by atoms with Crippen LogP contribution in [0.3, 0.4) is 0 Å². The van der Waals surface area contributed by atoms with Crippen molar-refractivity contribution in [1.82, 2.24) is 9.62 Å². The third kappa shape index (κ3) is 2.25. The van der Waals surface area contributed by atoms with Gasteiger partial charge in [0.15, 0.2) is 0 Å². The molecule has 1 aliphatic rings. The molecule has 1 heterocycles. The monoisotopic (exact) mass is 176 g/mol. The Hall–Kier alpha value is 0.0700. The lowest BCUT2D eigenvalue weighted by molar-refractivity contribution is 0.298. The summed E-state index contributed by atoms with van der Waals surface area (Å²) in [7, 11) is -0.750. The van der Waals surface area contributed by atoms with Gasteiger partial charge in [-0.2, -0.15) is 0 Å². The van der Waals surface area contributed by atoms with Crippen LogP contribution in [-0.2, 0) is 11.0 Å². The van der Waals surface area contributed by atoms with Crippen molar-refractivity contribution in [1.29, 1.82) is 0 Å². The minimum atomic E-state index is -0.750. The molecule has 0 spiro atoms. The molecule has 66 valence electrons. The van der Waals surface area contributed by atoms with Gasteiger partial charge in [0.2, 0.25) is 0 Å². The van der Waals surface area contributed by atoms with E-state index in [4.69, 9.17) is 0 Å². The van der Waals surface area contributed by atoms with Crippen molar-refractivity contribution in [3.05, 3.63) is 0 Å². The van der Waals surface area contributed by atoms with Gasteiger partial charge in [-0.15, -0.1) is 0 Å². The molecule has 0 aliphatic carbocycles. The first-order valence-electron chi connectivity index (χ1n) is 4.11. The van der Waals surface area contributed by atoms with Crippen molar-refractivity contribution < 1.29 is 4.21 Å². The molecule has 4 heteroatoms. The zero-order valence-corrected chi connectivity index (χ0v) is 7.99. The van der Waals surface area contributed by atoms with Gasteiger partial charge in [0, 0.05) is 31.4 Å². The zero-order chi connectivity index (χ0) is 8.27. The van der Waals surface area contributed by atoms with Gasteiger partial charge in [-0.3, -0.25) is 0 Å². The smallest absolute Gasteiger partial charge is 0.0943 e. The van der Waals surface area contributed by atoms with Crippen molar-refractivity contribution in [2.75, 3.05) is 25.4 Å². The van der Waals surface area contributed by atoms with Crippen LogP contribution in [0.1, 0.15) is 13.8 Å². The Labute approximate surface area is 70.7 Å². The summed E-state index contributed by atoms with van der Waals surface area (Å²) < 4.78 is 13.5. The first-order chi connectivity index (χ1) is 5.25. The van der Waals surface area contributed by atoms with Gasteiger partial charge in [-0.25, -0.2) is 8.51 Å². The van der Waals surface area contributed by atoms with Crippen LogP contribution in [0.15, 0.2) is 0 Å². The fourth-order valence-corrected chi connectivity index (χ4v) is 2.39. The molecule has 3 nitrogen and oxygen atoms in total. The van der Waals surface area contributed by atoms with Crippen LogP contribution in [0.5, 0.6) is 0 Å². The maximum Gasteiger partial charge on any atom is 0.0943 e. The van der Waals surface area contributed by atoms with E-state index < -0.39 is 11.0 Å². The van der Waals surface area contributed by atoms with E-state index in [-0.39, 0.29) is 0 Å². The molecular formula is C7H16N2OS. The van der Waals surface area contributed by atoms with Gasteiger partial charge in [-0.05, 0) is 6.92 Å². The second-order valence-corrected chi connectivity index (χ2v) is 4.49. The van der Waals surface area contributed by atoms with Crippen molar-refractivity contribution in [2.24, 2.45) is 0 Å². The van der Waals surface area contributed by atoms with Crippen LogP contribution in [0.4, 0.5) is 0 Å². The summed E-state index contributed by atoms with van der Waals surface area (Å²) in [4.78, 5) is 0. The van der Waals surface area contributed by atoms with Gasteiger partial charge in [0.05, 0.1) is 11.0 Å². The Morgan fingerprint density at radius 1 is 1.73 bits per heavy atom. The molecule has 1 fully saturated rings. The first kappa shape index (κ1) is 9.16. The lowest BCUT2D eigenvalue weighted by Crippen LogP contribution is -2.50. The van der Waals surface area contributed by atoms with Crippen LogP contribution in [-0.4, -0.2) is 39.9 Å². The second kappa shape index (κ2) is 4.18. The Balaban J connectivity index is 2.47. The average Bonchev–Trinajstić information content (AvgIpc) is 2.04. The predicted octanol–water partition coefficient (Wildman–Crippen LogP) is -0.0363. The minimum Gasteiger partial charge on any atom is -0.314 e. The van der Waals surface area contributed by atoms with Gasteiger partial charge in [0.25, 0.3) is 0 Å². The Kier molecular flexibility index (Phi) is 3.48. The Morgan fingerprint density at radius 3 is 3.00 bits per heavy atom. The van der Waals surface area contributed by atoms with Crippen LogP contribution in [0.2, 0.25) is 0 Å². The number of nitrogens with one attached hydrogen (secondary N) is 1. The fourth-order valence-electron chi connectivity index (χ4n) is 1.29. The highest BCUT2D eigenvalue weighted by Crippen LogP contribution is 2.05. The lowest BCUT2D eigenvalue weighted by Gasteiger charge is -2.31. The molecule has 0 aromatic rings. The highest BCUT2D eigenvalue weighted by Gasteiger charge is 2.21. The van der Waals surface area contributed by atoms with Gasteiger partial charge >= 0.3 is 0 Å². The van der Waals surface area contributed by atoms with Crippen LogP contribution >= 0.6 is 0 Å². The summed E-state index contributed by atoms with van der Waals surface area (Å²) in [5.41, 5.74) is 0. The quantitative estimate of drug-likeness (QED) is 0.640. The molecular weight excluding hydrogens is 160 g/mol. The summed E-state index contributed by atoms with van der Waals surface area (Å²) in [6, 6.07) is 0.421. The summed E-state index contributed by atoms with van der Waals surface area (Å²) in [6.45, 7) is 6.92. The predicted molar refractivity (Wildman–Crippen MR) is 47.7 cm³/mol. The number of hydrogen-bond acceptors (Lipinski definition) is 2. The van der Waals surface area contributed by atoms with E-state index in [1.165, 1.54) is 0 Å². The van der Waals surface area contributed by atoms with Crippen molar-refractivity contribution in [2.45, 2.75) is 19.9 Å². The third-order valence-electron chi connectivity index (χ3n) is 1.95. The SMILES string of the molecule is CCS(=O)N1CCNC[C@H]1C. The maximum absolute atomic E-state index is 11.4. The molecule has 0 saturated carbocycles. The van der Waals surface area contributed by atoms with E-state index in [1.807, 2.05) is 6.92 Å². The molecule has 0 bridgehead atoms. The standard InChI is InChI=1S/C7H16N2OS/c1-3-11(10)9-5-4-8-6-7(9)2/h7-8H,3-6H2,1-2H3/t7-,11?/m1/s1. The molecule has 1 N–H and O–H groups in total. The fraction of sp³-hybridized carbons (Fsp3) is 1.00. The highest BCUT2D eigenvalue weighted by molar-refractivity contribution is 7.82. The molecule has 1 rings (SSSR count). The number of hydrogen-bond donors (Lipinski definition) is 1. The lowest BCUT2D eigenvalue weighted by atomic mass is 10.3. The minimum absolute atomic E-state index is 0.421. The molecule has 0 amide bonds. The summed E-state index contributed by atoms with van der Waals surface area (Å²) in [5.74, 6) is 0.740. The third-order valence-corrected chi connectivity index (χ3v) is 3.51. The number of rotatable bonds is 2. The highest BCUT2D eigenvalue weighted by atomic mass is 32.2. The van der Waals surface area contributed by atoms with E-state index in [0.717, 1.165) is 25.4 Å². The molecule has 2 atom stereocenters. The number of nitrogens with zero attached hydrogens (tertiary/aromatic N) is 1. The second-order valence-electron chi connectivity index (χ2n) is 2.80. The molecule has 1 aliphatic heterocycles. The topological polar surface area (TPSA) is 32.3 Å². The zero-order valence-electron chi connectivity index (χ0n) is 7.17. The van der Waals surface area contributed by atoms with E-state index in [1.54, 1.807) is 0 Å². The molecule has 0 radical (unpaired) electrons. The molecule has 0 aromatic carbocycles. The Morgan fingerprint density at radius 2 is 2.45 bits per heavy atom. The average molecular weight is 176 g/mol. The van der Waals surface area contributed by atoms with E-state index in [2.05, 4.69) is 16.5 Å². The van der Waals surface area contributed by atoms with E-state index in [0.29, 0.717) is 6.04 Å². The van der Waals surface area contributed by atoms with Crippen molar-refractivity contribution in [3.8, 4) is 0 Å². The summed E-state index contributed by atoms with van der Waals surface area (Å²) in [6.07, 6.45) is 0.